The van der Waals surface area contributed by atoms with Crippen LogP contribution in [0.2, 0.25) is 5.02 Å². The molecule has 3 aromatic rings. The zero-order valence-electron chi connectivity index (χ0n) is 21.2. The van der Waals surface area contributed by atoms with E-state index in [1.54, 1.807) is 67.6 Å². The minimum absolute atomic E-state index is 0.0716. The molecule has 0 unspecified atom stereocenters. The monoisotopic (exact) mass is 541 g/mol. The Labute approximate surface area is 224 Å². The first-order valence-electron chi connectivity index (χ1n) is 12.1. The van der Waals surface area contributed by atoms with Crippen LogP contribution in [0.15, 0.2) is 83.8 Å². The van der Waals surface area contributed by atoms with Crippen molar-refractivity contribution >= 4 is 39.1 Å². The van der Waals surface area contributed by atoms with Gasteiger partial charge in [-0.3, -0.25) is 13.9 Å². The number of aryl methyl sites for hydroxylation is 1. The van der Waals surface area contributed by atoms with Crippen molar-refractivity contribution in [1.82, 2.24) is 10.2 Å². The molecule has 0 aliphatic carbocycles. The fraction of sp³-hybridized carbons (Fsp3) is 0.286. The molecule has 0 aliphatic rings. The summed E-state index contributed by atoms with van der Waals surface area (Å²) in [7, 11) is -4.07. The molecule has 2 amide bonds. The third-order valence-electron chi connectivity index (χ3n) is 5.88. The Kier molecular flexibility index (Phi) is 9.72. The van der Waals surface area contributed by atoms with E-state index in [0.717, 1.165) is 21.9 Å². The van der Waals surface area contributed by atoms with Crippen LogP contribution in [0.1, 0.15) is 31.4 Å². The second kappa shape index (κ2) is 12.7. The van der Waals surface area contributed by atoms with Gasteiger partial charge in [-0.2, -0.15) is 0 Å². The van der Waals surface area contributed by atoms with Crippen molar-refractivity contribution in [2.45, 2.75) is 44.7 Å². The lowest BCUT2D eigenvalue weighted by molar-refractivity contribution is -0.139. The first-order chi connectivity index (χ1) is 17.6. The number of hydrogen-bond donors (Lipinski definition) is 1. The lowest BCUT2D eigenvalue weighted by Crippen LogP contribution is -2.51. The maximum Gasteiger partial charge on any atom is 0.264 e. The van der Waals surface area contributed by atoms with Gasteiger partial charge in [0.25, 0.3) is 10.0 Å². The van der Waals surface area contributed by atoms with Crippen LogP contribution >= 0.6 is 11.6 Å². The average molecular weight is 542 g/mol. The number of carbonyl (C=O) groups excluding carboxylic acids is 2. The smallest absolute Gasteiger partial charge is 0.264 e. The van der Waals surface area contributed by atoms with Gasteiger partial charge in [0.15, 0.2) is 0 Å². The summed E-state index contributed by atoms with van der Waals surface area (Å²) < 4.78 is 28.5. The summed E-state index contributed by atoms with van der Waals surface area (Å²) in [6.45, 7) is 5.55. The first kappa shape index (κ1) is 28.2. The van der Waals surface area contributed by atoms with Gasteiger partial charge in [0.1, 0.15) is 12.6 Å². The zero-order valence-corrected chi connectivity index (χ0v) is 22.8. The summed E-state index contributed by atoms with van der Waals surface area (Å²) in [5.41, 5.74) is 1.98. The molecule has 7 nitrogen and oxygen atoms in total. The van der Waals surface area contributed by atoms with Gasteiger partial charge in [-0.05, 0) is 67.8 Å². The van der Waals surface area contributed by atoms with Crippen LogP contribution in [0.5, 0.6) is 0 Å². The highest BCUT2D eigenvalue weighted by Gasteiger charge is 2.32. The van der Waals surface area contributed by atoms with Crippen molar-refractivity contribution in [2.75, 3.05) is 17.4 Å². The number of nitrogens with one attached hydrogen (secondary N) is 1. The first-order valence-corrected chi connectivity index (χ1v) is 13.9. The number of benzene rings is 3. The minimum atomic E-state index is -4.07. The fourth-order valence-corrected chi connectivity index (χ4v) is 5.35. The van der Waals surface area contributed by atoms with Crippen molar-refractivity contribution < 1.29 is 18.0 Å². The molecule has 0 saturated carbocycles. The molecule has 0 heterocycles. The Morgan fingerprint density at radius 1 is 0.973 bits per heavy atom. The Bertz CT molecular complexity index is 1310. The third-order valence-corrected chi connectivity index (χ3v) is 7.92. The SMILES string of the molecule is CCCNC(=O)[C@H](C)N(Cc1ccc(Cl)cc1)C(=O)CN(c1cccc(C)c1)S(=O)(=O)c1ccccc1. The maximum atomic E-state index is 13.8. The van der Waals surface area contributed by atoms with Gasteiger partial charge < -0.3 is 10.2 Å². The van der Waals surface area contributed by atoms with Crippen LogP contribution < -0.4 is 9.62 Å². The van der Waals surface area contributed by atoms with E-state index in [1.165, 1.54) is 17.0 Å². The largest absolute Gasteiger partial charge is 0.354 e. The van der Waals surface area contributed by atoms with Crippen LogP contribution in [0.4, 0.5) is 5.69 Å². The topological polar surface area (TPSA) is 86.8 Å². The van der Waals surface area contributed by atoms with Crippen molar-refractivity contribution in [3.8, 4) is 0 Å². The van der Waals surface area contributed by atoms with Crippen LogP contribution in [0.25, 0.3) is 0 Å². The van der Waals surface area contributed by atoms with Crippen molar-refractivity contribution in [3.05, 3.63) is 95.0 Å². The number of anilines is 1. The molecule has 9 heteroatoms. The quantitative estimate of drug-likeness (QED) is 0.378. The zero-order chi connectivity index (χ0) is 27.0. The van der Waals surface area contributed by atoms with Crippen LogP contribution in [0.3, 0.4) is 0 Å². The molecule has 0 aromatic heterocycles. The Hall–Kier alpha value is -3.36. The molecule has 0 spiro atoms. The summed E-state index contributed by atoms with van der Waals surface area (Å²) in [4.78, 5) is 28.1. The molecule has 0 saturated heterocycles. The van der Waals surface area contributed by atoms with E-state index >= 15 is 0 Å². The highest BCUT2D eigenvalue weighted by Crippen LogP contribution is 2.25. The van der Waals surface area contributed by atoms with E-state index in [4.69, 9.17) is 11.6 Å². The molecule has 0 radical (unpaired) electrons. The molecule has 0 bridgehead atoms. The van der Waals surface area contributed by atoms with Gasteiger partial charge in [-0.15, -0.1) is 0 Å². The highest BCUT2D eigenvalue weighted by molar-refractivity contribution is 7.92. The maximum absolute atomic E-state index is 13.8. The second-order valence-electron chi connectivity index (χ2n) is 8.78. The molecule has 196 valence electrons. The molecule has 1 atom stereocenters. The second-order valence-corrected chi connectivity index (χ2v) is 11.1. The lowest BCUT2D eigenvalue weighted by atomic mass is 10.1. The van der Waals surface area contributed by atoms with E-state index in [-0.39, 0.29) is 17.3 Å². The average Bonchev–Trinajstić information content (AvgIpc) is 2.89. The third kappa shape index (κ3) is 7.33. The standard InChI is InChI=1S/C28H32ClN3O4S/c1-4-17-30-28(34)22(3)31(19-23-13-15-24(29)16-14-23)27(33)20-32(25-10-8-9-21(2)18-25)37(35,36)26-11-6-5-7-12-26/h5-16,18,22H,4,17,19-20H2,1-3H3,(H,30,34)/t22-/m0/s1. The number of nitrogens with zero attached hydrogens (tertiary/aromatic N) is 2. The Morgan fingerprint density at radius 2 is 1.65 bits per heavy atom. The van der Waals surface area contributed by atoms with Crippen LogP contribution in [-0.4, -0.2) is 44.3 Å². The number of carbonyl (C=O) groups is 2. The Balaban J connectivity index is 2.00. The lowest BCUT2D eigenvalue weighted by Gasteiger charge is -2.32. The predicted molar refractivity (Wildman–Crippen MR) is 147 cm³/mol. The van der Waals surface area contributed by atoms with E-state index in [0.29, 0.717) is 17.3 Å². The van der Waals surface area contributed by atoms with Crippen molar-refractivity contribution in [3.63, 3.8) is 0 Å². The summed E-state index contributed by atoms with van der Waals surface area (Å²) in [5.74, 6) is -0.813. The van der Waals surface area contributed by atoms with Gasteiger partial charge >= 0.3 is 0 Å². The fourth-order valence-electron chi connectivity index (χ4n) is 3.80. The van der Waals surface area contributed by atoms with Gasteiger partial charge in [0.2, 0.25) is 11.8 Å². The van der Waals surface area contributed by atoms with Gasteiger partial charge in [-0.25, -0.2) is 8.42 Å². The Morgan fingerprint density at radius 3 is 2.27 bits per heavy atom. The number of halogens is 1. The molecule has 37 heavy (non-hydrogen) atoms. The summed E-state index contributed by atoms with van der Waals surface area (Å²) >= 11 is 6.02. The summed E-state index contributed by atoms with van der Waals surface area (Å²) in [6, 6.07) is 21.1. The summed E-state index contributed by atoms with van der Waals surface area (Å²) in [6.07, 6.45) is 0.750. The van der Waals surface area contributed by atoms with Crippen LogP contribution in [-0.2, 0) is 26.2 Å². The number of rotatable bonds is 11. The molecule has 3 aromatic carbocycles. The number of sulfonamides is 1. The van der Waals surface area contributed by atoms with E-state index in [1.807, 2.05) is 19.9 Å². The van der Waals surface area contributed by atoms with Crippen LogP contribution in [0, 0.1) is 6.92 Å². The highest BCUT2D eigenvalue weighted by atomic mass is 35.5. The normalized spacial score (nSPS) is 12.0. The van der Waals surface area contributed by atoms with Crippen molar-refractivity contribution in [1.29, 1.82) is 0 Å². The molecule has 0 aliphatic heterocycles. The molecular formula is C28H32ClN3O4S. The van der Waals surface area contributed by atoms with Gasteiger partial charge in [0.05, 0.1) is 10.6 Å². The molecule has 3 rings (SSSR count). The predicted octanol–water partition coefficient (Wildman–Crippen LogP) is 4.79. The van der Waals surface area contributed by atoms with Gasteiger partial charge in [0, 0.05) is 18.1 Å². The van der Waals surface area contributed by atoms with Gasteiger partial charge in [-0.1, -0.05) is 61.0 Å². The molecule has 0 fully saturated rings. The number of amides is 2. The van der Waals surface area contributed by atoms with E-state index < -0.39 is 28.5 Å². The minimum Gasteiger partial charge on any atom is -0.354 e. The van der Waals surface area contributed by atoms with E-state index in [9.17, 15) is 18.0 Å². The molecular weight excluding hydrogens is 510 g/mol. The van der Waals surface area contributed by atoms with E-state index in [2.05, 4.69) is 5.32 Å². The molecule has 1 N–H and O–H groups in total. The number of hydrogen-bond acceptors (Lipinski definition) is 4. The summed E-state index contributed by atoms with van der Waals surface area (Å²) in [5, 5.41) is 3.38. The van der Waals surface area contributed by atoms with Crippen molar-refractivity contribution in [2.24, 2.45) is 0 Å².